The fourth-order valence-corrected chi connectivity index (χ4v) is 12.9. The summed E-state index contributed by atoms with van der Waals surface area (Å²) in [5, 5.41) is 45.1. The van der Waals surface area contributed by atoms with Gasteiger partial charge in [-0.3, -0.25) is 0 Å². The summed E-state index contributed by atoms with van der Waals surface area (Å²) in [7, 11) is 0. The molecule has 0 saturated heterocycles. The van der Waals surface area contributed by atoms with Gasteiger partial charge in [0.15, 0.2) is 0 Å². The largest absolute Gasteiger partial charge is 0.455 e. The number of furan rings is 1. The fraction of sp³-hybridized carbons (Fsp3) is 0. The molecule has 0 N–H and O–H groups in total. The molecule has 0 aliphatic carbocycles. The van der Waals surface area contributed by atoms with Gasteiger partial charge in [0, 0.05) is 54.3 Å². The maximum absolute atomic E-state index is 12.6. The summed E-state index contributed by atoms with van der Waals surface area (Å²) in [6, 6.07) is 84.4. The van der Waals surface area contributed by atoms with Gasteiger partial charge in [0.25, 0.3) is 0 Å². The van der Waals surface area contributed by atoms with Gasteiger partial charge in [-0.05, 0) is 72.3 Å². The van der Waals surface area contributed by atoms with Crippen molar-refractivity contribution in [3.05, 3.63) is 241 Å². The molecule has 5 aromatic heterocycles. The number of fused-ring (bicyclic) bond motifs is 18. The molecule has 0 aliphatic rings. The van der Waals surface area contributed by atoms with Crippen LogP contribution in [0.1, 0.15) is 16.7 Å². The molecule has 0 radical (unpaired) electrons. The first-order valence-corrected chi connectivity index (χ1v) is 25.5. The third-order valence-corrected chi connectivity index (χ3v) is 15.8. The van der Waals surface area contributed by atoms with Crippen molar-refractivity contribution in [2.24, 2.45) is 0 Å². The molecule has 77 heavy (non-hydrogen) atoms. The Kier molecular flexibility index (Phi) is 8.78. The average molecular weight is 980 g/mol. The molecule has 16 rings (SSSR count). The summed E-state index contributed by atoms with van der Waals surface area (Å²) in [6.07, 6.45) is 0. The number of aromatic nitrogens is 4. The first-order valence-electron chi connectivity index (χ1n) is 25.5. The molecule has 0 bridgehead atoms. The van der Waals surface area contributed by atoms with E-state index in [1.54, 1.807) is 0 Å². The quantitative estimate of drug-likeness (QED) is 0.171. The lowest BCUT2D eigenvalue weighted by atomic mass is 9.91. The van der Waals surface area contributed by atoms with Crippen LogP contribution in [0.25, 0.3) is 143 Å². The Morgan fingerprint density at radius 1 is 0.312 bits per heavy atom. The highest BCUT2D eigenvalue weighted by Crippen LogP contribution is 2.53. The van der Waals surface area contributed by atoms with Gasteiger partial charge in [-0.1, -0.05) is 158 Å². The monoisotopic (exact) mass is 979 g/mol. The van der Waals surface area contributed by atoms with Crippen LogP contribution in [-0.4, -0.2) is 18.3 Å². The zero-order valence-corrected chi connectivity index (χ0v) is 40.9. The summed E-state index contributed by atoms with van der Waals surface area (Å²) in [4.78, 5) is 0. The molecule has 0 unspecified atom stereocenters. The molecule has 0 spiro atoms. The molecular weight excluding hydrogens is 943 g/mol. The van der Waals surface area contributed by atoms with E-state index in [4.69, 9.17) is 4.42 Å². The summed E-state index contributed by atoms with van der Waals surface area (Å²) >= 11 is 0. The standard InChI is InChI=1S/C69H37N7O/c70-38-41-34-36-42(37-35-41)60-65(74-53-27-11-4-20-44(53)45-21-5-12-28-54(45)74)51(39-71)64(52(40-72)66(60)75-55-29-13-6-22-46(55)47-23-7-14-30-56(47)75)76-58-32-16-9-25-49(58)62-68(76)61-48-24-8-15-31-57(48)73(43-18-2-1-3-19-43)67(61)63-50-26-10-17-33-59(50)77-69(62)63/h1-37H. The van der Waals surface area contributed by atoms with E-state index < -0.39 is 0 Å². The average Bonchev–Trinajstić information content (AvgIpc) is 4.49. The Hall–Kier alpha value is -11.1. The molecule has 16 aromatic rings. The van der Waals surface area contributed by atoms with Crippen LogP contribution in [0.15, 0.2) is 229 Å². The van der Waals surface area contributed by atoms with Crippen LogP contribution in [0.2, 0.25) is 0 Å². The minimum Gasteiger partial charge on any atom is -0.455 e. The molecule has 354 valence electrons. The van der Waals surface area contributed by atoms with Gasteiger partial charge in [0.2, 0.25) is 0 Å². The van der Waals surface area contributed by atoms with Gasteiger partial charge in [-0.2, -0.15) is 15.8 Å². The normalized spacial score (nSPS) is 11.9. The van der Waals surface area contributed by atoms with Crippen molar-refractivity contribution in [3.8, 4) is 52.1 Å². The van der Waals surface area contributed by atoms with E-state index in [0.29, 0.717) is 44.9 Å². The molecule has 0 amide bonds. The van der Waals surface area contributed by atoms with Gasteiger partial charge in [0.1, 0.15) is 34.4 Å². The number of nitriles is 3. The third-order valence-electron chi connectivity index (χ3n) is 15.8. The highest BCUT2D eigenvalue weighted by molar-refractivity contribution is 6.39. The Balaban J connectivity index is 1.24. The van der Waals surface area contributed by atoms with Crippen LogP contribution in [0.3, 0.4) is 0 Å². The van der Waals surface area contributed by atoms with Crippen LogP contribution >= 0.6 is 0 Å². The van der Waals surface area contributed by atoms with Gasteiger partial charge in [-0.15, -0.1) is 0 Å². The van der Waals surface area contributed by atoms with E-state index >= 15 is 0 Å². The predicted molar refractivity (Wildman–Crippen MR) is 311 cm³/mol. The van der Waals surface area contributed by atoms with Crippen molar-refractivity contribution >= 4 is 109 Å². The van der Waals surface area contributed by atoms with E-state index in [-0.39, 0.29) is 0 Å². The topological polar surface area (TPSA) is 104 Å². The number of nitrogens with zero attached hydrogens (tertiary/aromatic N) is 7. The minimum absolute atomic E-state index is 0.296. The van der Waals surface area contributed by atoms with E-state index in [2.05, 4.69) is 164 Å². The van der Waals surface area contributed by atoms with Crippen molar-refractivity contribution in [2.75, 3.05) is 0 Å². The maximum Gasteiger partial charge on any atom is 0.147 e. The molecule has 5 heterocycles. The van der Waals surface area contributed by atoms with Crippen molar-refractivity contribution < 1.29 is 4.42 Å². The van der Waals surface area contributed by atoms with Crippen molar-refractivity contribution in [3.63, 3.8) is 0 Å². The molecule has 0 atom stereocenters. The number of para-hydroxylation sites is 8. The van der Waals surface area contributed by atoms with Crippen molar-refractivity contribution in [2.45, 2.75) is 0 Å². The van der Waals surface area contributed by atoms with Crippen molar-refractivity contribution in [1.29, 1.82) is 15.8 Å². The zero-order valence-electron chi connectivity index (χ0n) is 40.9. The van der Waals surface area contributed by atoms with Crippen LogP contribution in [0.5, 0.6) is 0 Å². The zero-order chi connectivity index (χ0) is 51.0. The number of benzene rings is 11. The molecule has 0 aliphatic heterocycles. The lowest BCUT2D eigenvalue weighted by molar-refractivity contribution is 0.673. The minimum atomic E-state index is 0.296. The summed E-state index contributed by atoms with van der Waals surface area (Å²) in [5.41, 5.74) is 13.7. The SMILES string of the molecule is N#Cc1ccc(-c2c(-n3c4ccccc4c4ccccc43)c(C#N)c(-n3c4ccccc4c4c5oc6ccccc6c5c5c(c6ccccc6n5-c5ccccc5)c43)c(C#N)c2-n2c3ccccc3c3ccccc32)cc1. The number of rotatable bonds is 5. The number of hydrogen-bond acceptors (Lipinski definition) is 4. The van der Waals surface area contributed by atoms with Gasteiger partial charge in [-0.25, -0.2) is 0 Å². The van der Waals surface area contributed by atoms with Gasteiger partial charge >= 0.3 is 0 Å². The second kappa shape index (κ2) is 15.9. The highest BCUT2D eigenvalue weighted by atomic mass is 16.3. The smallest absolute Gasteiger partial charge is 0.147 e. The maximum atomic E-state index is 12.6. The van der Waals surface area contributed by atoms with Crippen LogP contribution < -0.4 is 0 Å². The summed E-state index contributed by atoms with van der Waals surface area (Å²) in [6.45, 7) is 0. The Bertz CT molecular complexity index is 5110. The van der Waals surface area contributed by atoms with E-state index in [1.165, 1.54) is 0 Å². The second-order valence-electron chi connectivity index (χ2n) is 19.6. The Labute approximate surface area is 438 Å². The lowest BCUT2D eigenvalue weighted by Gasteiger charge is -2.26. The Morgan fingerprint density at radius 2 is 0.701 bits per heavy atom. The van der Waals surface area contributed by atoms with Crippen molar-refractivity contribution in [1.82, 2.24) is 18.3 Å². The molecule has 8 nitrogen and oxygen atoms in total. The molecule has 0 fully saturated rings. The second-order valence-corrected chi connectivity index (χ2v) is 19.6. The van der Waals surface area contributed by atoms with Gasteiger partial charge in [0.05, 0.1) is 83.6 Å². The summed E-state index contributed by atoms with van der Waals surface area (Å²) in [5.74, 6) is 0. The highest BCUT2D eigenvalue weighted by Gasteiger charge is 2.35. The van der Waals surface area contributed by atoms with E-state index in [9.17, 15) is 15.8 Å². The molecule has 11 aromatic carbocycles. The molecular formula is C69H37N7O. The fourth-order valence-electron chi connectivity index (χ4n) is 12.9. The first kappa shape index (κ1) is 42.4. The van der Waals surface area contributed by atoms with Crippen LogP contribution in [0.4, 0.5) is 0 Å². The van der Waals surface area contributed by atoms with Crippen LogP contribution in [0, 0.1) is 34.0 Å². The van der Waals surface area contributed by atoms with Gasteiger partial charge < -0.3 is 22.7 Å². The number of hydrogen-bond donors (Lipinski definition) is 0. The van der Waals surface area contributed by atoms with E-state index in [1.807, 2.05) is 97.1 Å². The third kappa shape index (κ3) is 5.61. The molecule has 0 saturated carbocycles. The van der Waals surface area contributed by atoms with Crippen LogP contribution in [-0.2, 0) is 0 Å². The molecule has 8 heteroatoms. The predicted octanol–water partition coefficient (Wildman–Crippen LogP) is 17.3. The van der Waals surface area contributed by atoms with E-state index in [0.717, 1.165) is 115 Å². The summed E-state index contributed by atoms with van der Waals surface area (Å²) < 4.78 is 16.2. The lowest BCUT2D eigenvalue weighted by Crippen LogP contribution is -2.14. The Morgan fingerprint density at radius 3 is 1.19 bits per heavy atom. The first-order chi connectivity index (χ1) is 38.2.